The van der Waals surface area contributed by atoms with Gasteiger partial charge in [-0.25, -0.2) is 0 Å². The third-order valence-electron chi connectivity index (χ3n) is 2.86. The van der Waals surface area contributed by atoms with Gasteiger partial charge in [-0.3, -0.25) is 4.79 Å². The molecule has 0 aromatic carbocycles. The average Bonchev–Trinajstić information content (AvgIpc) is 2.09. The smallest absolute Gasteiger partial charge is 0.146 e. The second-order valence-corrected chi connectivity index (χ2v) is 3.50. The topological polar surface area (TPSA) is 17.1 Å². The standard InChI is InChI=1S/C11H16O/c1-4-11-9(3)8(2)5-6-10(11)7-12/h5-7,9,11H,4H2,1-3H3/t9?,11-/m1/s1. The maximum Gasteiger partial charge on any atom is 0.146 e. The summed E-state index contributed by atoms with van der Waals surface area (Å²) >= 11 is 0. The molecule has 0 radical (unpaired) electrons. The molecule has 0 aromatic heterocycles. The molecule has 12 heavy (non-hydrogen) atoms. The summed E-state index contributed by atoms with van der Waals surface area (Å²) in [5.74, 6) is 0.965. The van der Waals surface area contributed by atoms with Gasteiger partial charge in [0.15, 0.2) is 0 Å². The van der Waals surface area contributed by atoms with Gasteiger partial charge in [0.2, 0.25) is 0 Å². The van der Waals surface area contributed by atoms with Crippen molar-refractivity contribution < 1.29 is 4.79 Å². The van der Waals surface area contributed by atoms with Crippen LogP contribution in [-0.4, -0.2) is 6.29 Å². The van der Waals surface area contributed by atoms with E-state index in [1.807, 2.05) is 6.08 Å². The Bertz CT molecular complexity index is 235. The quantitative estimate of drug-likeness (QED) is 0.573. The highest BCUT2D eigenvalue weighted by molar-refractivity contribution is 5.75. The van der Waals surface area contributed by atoms with Gasteiger partial charge >= 0.3 is 0 Å². The summed E-state index contributed by atoms with van der Waals surface area (Å²) in [4.78, 5) is 10.7. The van der Waals surface area contributed by atoms with Crippen LogP contribution in [-0.2, 0) is 4.79 Å². The molecule has 1 aliphatic carbocycles. The molecule has 0 saturated carbocycles. The Kier molecular flexibility index (Phi) is 2.85. The molecule has 0 heterocycles. The van der Waals surface area contributed by atoms with Crippen molar-refractivity contribution in [2.24, 2.45) is 11.8 Å². The van der Waals surface area contributed by atoms with Gasteiger partial charge in [0.1, 0.15) is 6.29 Å². The van der Waals surface area contributed by atoms with Crippen LogP contribution in [0.25, 0.3) is 0 Å². The second kappa shape index (κ2) is 3.70. The molecule has 1 aliphatic rings. The van der Waals surface area contributed by atoms with Crippen LogP contribution in [0, 0.1) is 11.8 Å². The molecule has 1 heteroatoms. The van der Waals surface area contributed by atoms with Crippen molar-refractivity contribution in [1.29, 1.82) is 0 Å². The summed E-state index contributed by atoms with van der Waals surface area (Å²) in [6, 6.07) is 0. The Balaban J connectivity index is 2.93. The summed E-state index contributed by atoms with van der Waals surface area (Å²) in [6.07, 6.45) is 6.06. The van der Waals surface area contributed by atoms with Crippen molar-refractivity contribution in [3.63, 3.8) is 0 Å². The molecule has 0 bridgehead atoms. The fourth-order valence-electron chi connectivity index (χ4n) is 1.82. The highest BCUT2D eigenvalue weighted by Gasteiger charge is 2.22. The predicted octanol–water partition coefficient (Wildman–Crippen LogP) is 2.73. The molecule has 1 rings (SSSR count). The zero-order valence-corrected chi connectivity index (χ0v) is 8.00. The van der Waals surface area contributed by atoms with E-state index in [1.54, 1.807) is 0 Å². The van der Waals surface area contributed by atoms with Gasteiger partial charge in [0.25, 0.3) is 0 Å². The lowest BCUT2D eigenvalue weighted by molar-refractivity contribution is -0.105. The normalized spacial score (nSPS) is 29.2. The van der Waals surface area contributed by atoms with E-state index in [0.29, 0.717) is 11.8 Å². The van der Waals surface area contributed by atoms with Crippen LogP contribution < -0.4 is 0 Å². The summed E-state index contributed by atoms with van der Waals surface area (Å²) in [7, 11) is 0. The molecule has 0 aromatic rings. The fraction of sp³-hybridized carbons (Fsp3) is 0.545. The predicted molar refractivity (Wildman–Crippen MR) is 50.8 cm³/mol. The van der Waals surface area contributed by atoms with Crippen LogP contribution in [0.4, 0.5) is 0 Å². The Hall–Kier alpha value is -0.850. The van der Waals surface area contributed by atoms with Gasteiger partial charge in [0, 0.05) is 0 Å². The monoisotopic (exact) mass is 164 g/mol. The van der Waals surface area contributed by atoms with Crippen molar-refractivity contribution in [2.45, 2.75) is 27.2 Å². The number of rotatable bonds is 2. The van der Waals surface area contributed by atoms with Crippen molar-refractivity contribution in [3.05, 3.63) is 23.3 Å². The summed E-state index contributed by atoms with van der Waals surface area (Å²) in [6.45, 7) is 6.46. The van der Waals surface area contributed by atoms with Crippen LogP contribution in [0.15, 0.2) is 23.3 Å². The van der Waals surface area contributed by atoms with Crippen LogP contribution in [0.1, 0.15) is 27.2 Å². The third-order valence-corrected chi connectivity index (χ3v) is 2.86. The first-order valence-electron chi connectivity index (χ1n) is 4.54. The molecule has 0 saturated heterocycles. The minimum Gasteiger partial charge on any atom is -0.298 e. The first kappa shape index (κ1) is 9.24. The van der Waals surface area contributed by atoms with Gasteiger partial charge in [-0.15, -0.1) is 0 Å². The van der Waals surface area contributed by atoms with Crippen molar-refractivity contribution in [1.82, 2.24) is 0 Å². The van der Waals surface area contributed by atoms with Crippen LogP contribution >= 0.6 is 0 Å². The minimum absolute atomic E-state index is 0.437. The van der Waals surface area contributed by atoms with Crippen molar-refractivity contribution in [2.75, 3.05) is 0 Å². The molecule has 1 nitrogen and oxygen atoms in total. The van der Waals surface area contributed by atoms with E-state index in [2.05, 4.69) is 26.8 Å². The first-order chi connectivity index (χ1) is 5.70. The van der Waals surface area contributed by atoms with E-state index in [1.165, 1.54) is 5.57 Å². The largest absolute Gasteiger partial charge is 0.298 e. The molecular formula is C11H16O. The highest BCUT2D eigenvalue weighted by atomic mass is 16.1. The summed E-state index contributed by atoms with van der Waals surface area (Å²) < 4.78 is 0. The Morgan fingerprint density at radius 2 is 2.17 bits per heavy atom. The molecule has 0 spiro atoms. The number of hydrogen-bond acceptors (Lipinski definition) is 1. The van der Waals surface area contributed by atoms with Gasteiger partial charge in [-0.2, -0.15) is 0 Å². The number of aldehydes is 1. The van der Waals surface area contributed by atoms with Crippen molar-refractivity contribution in [3.8, 4) is 0 Å². The van der Waals surface area contributed by atoms with Gasteiger partial charge in [-0.1, -0.05) is 31.6 Å². The van der Waals surface area contributed by atoms with E-state index >= 15 is 0 Å². The van der Waals surface area contributed by atoms with E-state index in [-0.39, 0.29) is 0 Å². The molecule has 2 atom stereocenters. The lowest BCUT2D eigenvalue weighted by Gasteiger charge is -2.26. The highest BCUT2D eigenvalue weighted by Crippen LogP contribution is 2.31. The molecule has 0 fully saturated rings. The van der Waals surface area contributed by atoms with E-state index < -0.39 is 0 Å². The number of carbonyl (C=O) groups is 1. The van der Waals surface area contributed by atoms with E-state index in [9.17, 15) is 4.79 Å². The molecular weight excluding hydrogens is 148 g/mol. The zero-order valence-electron chi connectivity index (χ0n) is 8.00. The van der Waals surface area contributed by atoms with Gasteiger partial charge < -0.3 is 0 Å². The molecule has 66 valence electrons. The van der Waals surface area contributed by atoms with E-state index in [0.717, 1.165) is 18.3 Å². The van der Waals surface area contributed by atoms with Crippen LogP contribution in [0.2, 0.25) is 0 Å². The molecule has 0 amide bonds. The lowest BCUT2D eigenvalue weighted by Crippen LogP contribution is -2.18. The number of hydrogen-bond donors (Lipinski definition) is 0. The minimum atomic E-state index is 0.437. The Labute approximate surface area is 74.2 Å². The van der Waals surface area contributed by atoms with Gasteiger partial charge in [0.05, 0.1) is 0 Å². The average molecular weight is 164 g/mol. The third kappa shape index (κ3) is 1.50. The first-order valence-corrected chi connectivity index (χ1v) is 4.54. The molecule has 0 aliphatic heterocycles. The zero-order chi connectivity index (χ0) is 9.14. The summed E-state index contributed by atoms with van der Waals surface area (Å²) in [5.41, 5.74) is 2.34. The fourth-order valence-corrected chi connectivity index (χ4v) is 1.82. The number of allylic oxidation sites excluding steroid dienone is 4. The lowest BCUT2D eigenvalue weighted by atomic mass is 9.78. The SMILES string of the molecule is CC[C@H]1C(C=O)=CC=C(C)C1C. The van der Waals surface area contributed by atoms with Crippen LogP contribution in [0.5, 0.6) is 0 Å². The molecule has 1 unspecified atom stereocenters. The van der Waals surface area contributed by atoms with E-state index in [4.69, 9.17) is 0 Å². The Morgan fingerprint density at radius 3 is 2.67 bits per heavy atom. The maximum absolute atomic E-state index is 10.7. The maximum atomic E-state index is 10.7. The second-order valence-electron chi connectivity index (χ2n) is 3.50. The van der Waals surface area contributed by atoms with Crippen molar-refractivity contribution >= 4 is 6.29 Å². The molecule has 0 N–H and O–H groups in total. The van der Waals surface area contributed by atoms with Gasteiger partial charge in [-0.05, 0) is 30.8 Å². The van der Waals surface area contributed by atoms with Crippen LogP contribution in [0.3, 0.4) is 0 Å². The number of carbonyl (C=O) groups excluding carboxylic acids is 1. The Morgan fingerprint density at radius 1 is 1.50 bits per heavy atom. The summed E-state index contributed by atoms with van der Waals surface area (Å²) in [5, 5.41) is 0.